The fraction of sp³-hybridized carbons (Fsp3) is 0.167. The number of hydrogen-bond acceptors (Lipinski definition) is 6. The lowest BCUT2D eigenvalue weighted by Gasteiger charge is -2.12. The molecule has 7 nitrogen and oxygen atoms in total. The molecular formula is C24H20N2O5. The largest absolute Gasteiger partial charge is 0.456 e. The number of aromatic nitrogens is 2. The van der Waals surface area contributed by atoms with E-state index in [1.807, 2.05) is 56.3 Å². The minimum absolute atomic E-state index is 0.191. The number of hydrogen-bond donors (Lipinski definition) is 0. The number of ether oxygens (including phenoxy) is 1. The summed E-state index contributed by atoms with van der Waals surface area (Å²) < 4.78 is 12.2. The van der Waals surface area contributed by atoms with Gasteiger partial charge >= 0.3 is 11.6 Å². The van der Waals surface area contributed by atoms with Crippen LogP contribution in [-0.4, -0.2) is 15.7 Å². The van der Waals surface area contributed by atoms with E-state index in [0.29, 0.717) is 27.9 Å². The number of para-hydroxylation sites is 1. The number of carbonyl (C=O) groups excluding carboxylic acids is 1. The molecule has 2 aromatic heterocycles. The van der Waals surface area contributed by atoms with Crippen molar-refractivity contribution in [2.24, 2.45) is 0 Å². The Morgan fingerprint density at radius 3 is 2.52 bits per heavy atom. The molecule has 2 heterocycles. The zero-order valence-electron chi connectivity index (χ0n) is 17.3. The van der Waals surface area contributed by atoms with E-state index < -0.39 is 17.0 Å². The smallest absolute Gasteiger partial charge is 0.363 e. The van der Waals surface area contributed by atoms with Gasteiger partial charge in [0.05, 0.1) is 5.69 Å². The van der Waals surface area contributed by atoms with Gasteiger partial charge in [0.15, 0.2) is 0 Å². The highest BCUT2D eigenvalue weighted by Crippen LogP contribution is 2.23. The van der Waals surface area contributed by atoms with Gasteiger partial charge in [0.2, 0.25) is 11.1 Å². The van der Waals surface area contributed by atoms with E-state index in [9.17, 15) is 14.4 Å². The third-order valence-electron chi connectivity index (χ3n) is 5.18. The van der Waals surface area contributed by atoms with Gasteiger partial charge in [0.1, 0.15) is 12.2 Å². The summed E-state index contributed by atoms with van der Waals surface area (Å²) in [5.41, 5.74) is 2.69. The van der Waals surface area contributed by atoms with E-state index in [1.165, 1.54) is 16.8 Å². The number of fused-ring (bicyclic) bond motifs is 1. The van der Waals surface area contributed by atoms with Crippen LogP contribution in [0.2, 0.25) is 0 Å². The molecule has 156 valence electrons. The summed E-state index contributed by atoms with van der Waals surface area (Å²) in [4.78, 5) is 37.1. The molecule has 0 saturated carbocycles. The minimum Gasteiger partial charge on any atom is -0.456 e. The van der Waals surface area contributed by atoms with Gasteiger partial charge in [-0.2, -0.15) is 5.10 Å². The molecule has 0 fully saturated rings. The SMILES string of the molecule is Cc1ccc2c(COC(=O)c3nn(-c4ccccc4)c(C)cc3=O)cc(=O)oc2c1C. The molecule has 31 heavy (non-hydrogen) atoms. The second kappa shape index (κ2) is 8.02. The number of rotatable bonds is 4. The summed E-state index contributed by atoms with van der Waals surface area (Å²) in [7, 11) is 0. The normalized spacial score (nSPS) is 10.9. The van der Waals surface area contributed by atoms with Crippen LogP contribution in [-0.2, 0) is 11.3 Å². The van der Waals surface area contributed by atoms with Gasteiger partial charge in [-0.25, -0.2) is 14.3 Å². The summed E-state index contributed by atoms with van der Waals surface area (Å²) in [6.45, 7) is 5.32. The standard InChI is InChI=1S/C24H20N2O5/c1-14-9-10-19-17(12-21(28)31-23(19)16(14)3)13-30-24(29)22-20(27)11-15(2)26(25-22)18-7-5-4-6-8-18/h4-12H,13H2,1-3H3. The van der Waals surface area contributed by atoms with E-state index in [0.717, 1.165) is 11.1 Å². The average Bonchev–Trinajstić information content (AvgIpc) is 2.75. The molecule has 0 aliphatic heterocycles. The van der Waals surface area contributed by atoms with Crippen LogP contribution >= 0.6 is 0 Å². The molecule has 0 radical (unpaired) electrons. The first-order valence-electron chi connectivity index (χ1n) is 9.71. The highest BCUT2D eigenvalue weighted by atomic mass is 16.5. The monoisotopic (exact) mass is 416 g/mol. The van der Waals surface area contributed by atoms with E-state index in [1.54, 1.807) is 6.92 Å². The van der Waals surface area contributed by atoms with Gasteiger partial charge < -0.3 is 9.15 Å². The fourth-order valence-corrected chi connectivity index (χ4v) is 3.37. The van der Waals surface area contributed by atoms with E-state index >= 15 is 0 Å². The summed E-state index contributed by atoms with van der Waals surface area (Å²) in [5.74, 6) is -0.861. The molecule has 2 aromatic carbocycles. The summed E-state index contributed by atoms with van der Waals surface area (Å²) in [5, 5.41) is 4.88. The Balaban J connectivity index is 1.67. The van der Waals surface area contributed by atoms with Crippen molar-refractivity contribution in [2.75, 3.05) is 0 Å². The Morgan fingerprint density at radius 2 is 1.77 bits per heavy atom. The van der Waals surface area contributed by atoms with Gasteiger partial charge in [-0.15, -0.1) is 0 Å². The quantitative estimate of drug-likeness (QED) is 0.373. The van der Waals surface area contributed by atoms with Crippen molar-refractivity contribution in [1.29, 1.82) is 0 Å². The predicted octanol–water partition coefficient (Wildman–Crippen LogP) is 3.62. The van der Waals surface area contributed by atoms with Crippen LogP contribution in [0.3, 0.4) is 0 Å². The predicted molar refractivity (Wildman–Crippen MR) is 116 cm³/mol. The number of esters is 1. The van der Waals surface area contributed by atoms with Crippen molar-refractivity contribution < 1.29 is 13.9 Å². The molecule has 7 heteroatoms. The van der Waals surface area contributed by atoms with Crippen molar-refractivity contribution in [3.05, 3.63) is 103 Å². The van der Waals surface area contributed by atoms with Gasteiger partial charge in [0.25, 0.3) is 0 Å². The first kappa shape index (κ1) is 20.3. The summed E-state index contributed by atoms with van der Waals surface area (Å²) in [6.07, 6.45) is 0. The van der Waals surface area contributed by atoms with Crippen molar-refractivity contribution in [1.82, 2.24) is 9.78 Å². The van der Waals surface area contributed by atoms with Crippen LogP contribution in [0.15, 0.2) is 68.6 Å². The summed E-state index contributed by atoms with van der Waals surface area (Å²) >= 11 is 0. The van der Waals surface area contributed by atoms with Crippen LogP contribution in [0.5, 0.6) is 0 Å². The maximum atomic E-state index is 12.7. The van der Waals surface area contributed by atoms with Crippen LogP contribution in [0, 0.1) is 20.8 Å². The number of benzene rings is 2. The van der Waals surface area contributed by atoms with Crippen molar-refractivity contribution in [3.63, 3.8) is 0 Å². The Kier molecular flexibility index (Phi) is 5.25. The molecule has 0 N–H and O–H groups in total. The third-order valence-corrected chi connectivity index (χ3v) is 5.18. The average molecular weight is 416 g/mol. The molecular weight excluding hydrogens is 396 g/mol. The van der Waals surface area contributed by atoms with Gasteiger partial charge in [0, 0.05) is 28.8 Å². The van der Waals surface area contributed by atoms with Crippen LogP contribution < -0.4 is 11.1 Å². The first-order chi connectivity index (χ1) is 14.8. The Bertz CT molecular complexity index is 1420. The van der Waals surface area contributed by atoms with Crippen LogP contribution in [0.1, 0.15) is 32.9 Å². The lowest BCUT2D eigenvalue weighted by molar-refractivity contribution is 0.0463. The highest BCUT2D eigenvalue weighted by molar-refractivity contribution is 5.88. The molecule has 0 bridgehead atoms. The molecule has 0 aliphatic rings. The highest BCUT2D eigenvalue weighted by Gasteiger charge is 2.18. The second-order valence-corrected chi connectivity index (χ2v) is 7.30. The number of aryl methyl sites for hydroxylation is 3. The Labute approximate surface area is 177 Å². The van der Waals surface area contributed by atoms with E-state index in [2.05, 4.69) is 5.10 Å². The molecule has 4 rings (SSSR count). The number of nitrogens with zero attached hydrogens (tertiary/aromatic N) is 2. The molecule has 0 spiro atoms. The van der Waals surface area contributed by atoms with Gasteiger partial charge in [-0.3, -0.25) is 4.79 Å². The Morgan fingerprint density at radius 1 is 1.03 bits per heavy atom. The van der Waals surface area contributed by atoms with Crippen molar-refractivity contribution in [2.45, 2.75) is 27.4 Å². The topological polar surface area (TPSA) is 91.4 Å². The molecule has 0 amide bonds. The van der Waals surface area contributed by atoms with Crippen LogP contribution in [0.25, 0.3) is 16.7 Å². The van der Waals surface area contributed by atoms with Gasteiger partial charge in [-0.1, -0.05) is 30.3 Å². The van der Waals surface area contributed by atoms with Gasteiger partial charge in [-0.05, 0) is 44.0 Å². The van der Waals surface area contributed by atoms with E-state index in [-0.39, 0.29) is 12.3 Å². The van der Waals surface area contributed by atoms with Crippen molar-refractivity contribution >= 4 is 16.9 Å². The zero-order valence-corrected chi connectivity index (χ0v) is 17.3. The zero-order chi connectivity index (χ0) is 22.1. The summed E-state index contributed by atoms with van der Waals surface area (Å²) in [6, 6.07) is 15.5. The van der Waals surface area contributed by atoms with Crippen molar-refractivity contribution in [3.8, 4) is 5.69 Å². The maximum Gasteiger partial charge on any atom is 0.363 e. The fourth-order valence-electron chi connectivity index (χ4n) is 3.37. The third kappa shape index (κ3) is 3.90. The lowest BCUT2D eigenvalue weighted by atomic mass is 10.0. The minimum atomic E-state index is -0.861. The number of carbonyl (C=O) groups is 1. The first-order valence-corrected chi connectivity index (χ1v) is 9.71. The molecule has 0 unspecified atom stereocenters. The van der Waals surface area contributed by atoms with Crippen LogP contribution in [0.4, 0.5) is 0 Å². The Hall–Kier alpha value is -4.00. The molecule has 0 aliphatic carbocycles. The molecule has 0 saturated heterocycles. The molecule has 0 atom stereocenters. The maximum absolute atomic E-state index is 12.7. The second-order valence-electron chi connectivity index (χ2n) is 7.30. The lowest BCUT2D eigenvalue weighted by Crippen LogP contribution is -2.24. The van der Waals surface area contributed by atoms with E-state index in [4.69, 9.17) is 9.15 Å². The molecule has 4 aromatic rings.